The van der Waals surface area contributed by atoms with Crippen molar-refractivity contribution in [2.45, 2.75) is 12.7 Å². The molecule has 2 N–H and O–H groups in total. The number of alkyl halides is 3. The summed E-state index contributed by atoms with van der Waals surface area (Å²) >= 11 is 0. The van der Waals surface area contributed by atoms with Gasteiger partial charge in [-0.3, -0.25) is 4.79 Å². The lowest BCUT2D eigenvalue weighted by molar-refractivity contribution is -0.137. The van der Waals surface area contributed by atoms with Gasteiger partial charge in [-0.05, 0) is 35.9 Å². The van der Waals surface area contributed by atoms with Crippen molar-refractivity contribution >= 4 is 17.4 Å². The monoisotopic (exact) mass is 371 g/mol. The summed E-state index contributed by atoms with van der Waals surface area (Å²) in [6.45, 7) is 0.460. The van der Waals surface area contributed by atoms with Crippen LogP contribution < -0.4 is 10.6 Å². The molecule has 1 heterocycles. The minimum atomic E-state index is -4.47. The molecule has 3 aromatic rings. The molecule has 0 aliphatic heterocycles. The number of pyridine rings is 1. The van der Waals surface area contributed by atoms with Gasteiger partial charge in [0.25, 0.3) is 5.91 Å². The van der Waals surface area contributed by atoms with Gasteiger partial charge < -0.3 is 10.6 Å². The van der Waals surface area contributed by atoms with E-state index in [-0.39, 0.29) is 11.3 Å². The SMILES string of the molecule is O=C(Nc1cccc(C(F)(F)F)c1)c1cccnc1NCc1ccccc1. The topological polar surface area (TPSA) is 54.0 Å². The van der Waals surface area contributed by atoms with E-state index in [1.54, 1.807) is 12.1 Å². The molecule has 0 spiro atoms. The van der Waals surface area contributed by atoms with Crippen molar-refractivity contribution in [2.75, 3.05) is 10.6 Å². The highest BCUT2D eigenvalue weighted by atomic mass is 19.4. The van der Waals surface area contributed by atoms with Crippen molar-refractivity contribution in [3.05, 3.63) is 89.6 Å². The van der Waals surface area contributed by atoms with Gasteiger partial charge in [0, 0.05) is 18.4 Å². The third-order valence-electron chi connectivity index (χ3n) is 3.80. The van der Waals surface area contributed by atoms with E-state index >= 15 is 0 Å². The largest absolute Gasteiger partial charge is 0.416 e. The highest BCUT2D eigenvalue weighted by Gasteiger charge is 2.30. The molecule has 2 aromatic carbocycles. The average Bonchev–Trinajstić information content (AvgIpc) is 2.67. The number of halogens is 3. The molecule has 0 unspecified atom stereocenters. The van der Waals surface area contributed by atoms with Crippen molar-refractivity contribution in [2.24, 2.45) is 0 Å². The Morgan fingerprint density at radius 1 is 0.963 bits per heavy atom. The second kappa shape index (κ2) is 7.90. The molecule has 27 heavy (non-hydrogen) atoms. The first-order valence-corrected chi connectivity index (χ1v) is 8.15. The fraction of sp³-hybridized carbons (Fsp3) is 0.100. The van der Waals surface area contributed by atoms with Crippen LogP contribution in [0.2, 0.25) is 0 Å². The Morgan fingerprint density at radius 2 is 1.74 bits per heavy atom. The number of carbonyl (C=O) groups is 1. The molecule has 0 saturated carbocycles. The van der Waals surface area contributed by atoms with E-state index in [0.29, 0.717) is 12.4 Å². The summed E-state index contributed by atoms with van der Waals surface area (Å²) in [6.07, 6.45) is -2.94. The molecule has 1 aromatic heterocycles. The Hall–Kier alpha value is -3.35. The molecule has 0 atom stereocenters. The number of nitrogens with one attached hydrogen (secondary N) is 2. The summed E-state index contributed by atoms with van der Waals surface area (Å²) in [7, 11) is 0. The molecule has 0 saturated heterocycles. The first-order chi connectivity index (χ1) is 12.9. The summed E-state index contributed by atoms with van der Waals surface area (Å²) in [5.74, 6) is -0.191. The quantitative estimate of drug-likeness (QED) is 0.666. The molecule has 138 valence electrons. The standard InChI is InChI=1S/C20H16F3N3O/c21-20(22,23)15-8-4-9-16(12-15)26-19(27)17-10-5-11-24-18(17)25-13-14-6-2-1-3-7-14/h1-12H,13H2,(H,24,25)(H,26,27). The molecule has 1 amide bonds. The molecule has 4 nitrogen and oxygen atoms in total. The van der Waals surface area contributed by atoms with Crippen molar-refractivity contribution in [1.82, 2.24) is 4.98 Å². The van der Waals surface area contributed by atoms with Gasteiger partial charge in [-0.25, -0.2) is 4.98 Å². The Balaban J connectivity index is 1.75. The van der Waals surface area contributed by atoms with E-state index in [2.05, 4.69) is 15.6 Å². The normalized spacial score (nSPS) is 11.1. The zero-order chi connectivity index (χ0) is 19.3. The summed E-state index contributed by atoms with van der Waals surface area (Å²) in [5.41, 5.74) is 0.486. The van der Waals surface area contributed by atoms with Gasteiger partial charge in [-0.15, -0.1) is 0 Å². The fourth-order valence-electron chi connectivity index (χ4n) is 2.48. The smallest absolute Gasteiger partial charge is 0.365 e. The van der Waals surface area contributed by atoms with Gasteiger partial charge >= 0.3 is 6.18 Å². The minimum absolute atomic E-state index is 0.0627. The van der Waals surface area contributed by atoms with Crippen LogP contribution in [0.15, 0.2) is 72.9 Å². The number of anilines is 2. The van der Waals surface area contributed by atoms with Gasteiger partial charge in [-0.2, -0.15) is 13.2 Å². The van der Waals surface area contributed by atoms with Crippen LogP contribution in [-0.4, -0.2) is 10.9 Å². The Kier molecular flexibility index (Phi) is 5.40. The first kappa shape index (κ1) is 18.4. The summed E-state index contributed by atoms with van der Waals surface area (Å²) in [5, 5.41) is 5.57. The fourth-order valence-corrected chi connectivity index (χ4v) is 2.48. The molecule has 0 aliphatic carbocycles. The zero-order valence-corrected chi connectivity index (χ0v) is 14.1. The Morgan fingerprint density at radius 3 is 2.48 bits per heavy atom. The van der Waals surface area contributed by atoms with E-state index in [0.717, 1.165) is 17.7 Å². The van der Waals surface area contributed by atoms with Crippen LogP contribution >= 0.6 is 0 Å². The highest BCUT2D eigenvalue weighted by molar-refractivity contribution is 6.07. The number of hydrogen-bond acceptors (Lipinski definition) is 3. The van der Waals surface area contributed by atoms with Gasteiger partial charge in [0.05, 0.1) is 11.1 Å². The molecule has 0 aliphatic rings. The van der Waals surface area contributed by atoms with Crippen LogP contribution in [0.1, 0.15) is 21.5 Å². The molecular formula is C20H16F3N3O. The maximum absolute atomic E-state index is 12.8. The van der Waals surface area contributed by atoms with Gasteiger partial charge in [0.15, 0.2) is 0 Å². The van der Waals surface area contributed by atoms with Gasteiger partial charge in [0.2, 0.25) is 0 Å². The van der Waals surface area contributed by atoms with Crippen molar-refractivity contribution in [3.8, 4) is 0 Å². The molecule has 0 radical (unpaired) electrons. The zero-order valence-electron chi connectivity index (χ0n) is 14.1. The summed E-state index contributed by atoms with van der Waals surface area (Å²) < 4.78 is 38.5. The van der Waals surface area contributed by atoms with E-state index in [1.807, 2.05) is 30.3 Å². The van der Waals surface area contributed by atoms with Crippen molar-refractivity contribution in [1.29, 1.82) is 0 Å². The van der Waals surface area contributed by atoms with Gasteiger partial charge in [-0.1, -0.05) is 36.4 Å². The van der Waals surface area contributed by atoms with E-state index < -0.39 is 17.6 Å². The molecule has 7 heteroatoms. The van der Waals surface area contributed by atoms with Crippen molar-refractivity contribution < 1.29 is 18.0 Å². The molecular weight excluding hydrogens is 355 g/mol. The first-order valence-electron chi connectivity index (χ1n) is 8.15. The molecule has 0 fully saturated rings. The predicted octanol–water partition coefficient (Wildman–Crippen LogP) is 4.96. The lowest BCUT2D eigenvalue weighted by Gasteiger charge is -2.12. The van der Waals surface area contributed by atoms with Crippen LogP contribution in [-0.2, 0) is 12.7 Å². The third-order valence-corrected chi connectivity index (χ3v) is 3.80. The van der Waals surface area contributed by atoms with Crippen LogP contribution in [0.25, 0.3) is 0 Å². The summed E-state index contributed by atoms with van der Waals surface area (Å²) in [4.78, 5) is 16.7. The summed E-state index contributed by atoms with van der Waals surface area (Å²) in [6, 6.07) is 17.2. The highest BCUT2D eigenvalue weighted by Crippen LogP contribution is 2.30. The maximum atomic E-state index is 12.8. The second-order valence-corrected chi connectivity index (χ2v) is 5.77. The number of carbonyl (C=O) groups excluding carboxylic acids is 1. The van der Waals surface area contributed by atoms with Crippen LogP contribution in [0.5, 0.6) is 0 Å². The number of nitrogens with zero attached hydrogens (tertiary/aromatic N) is 1. The van der Waals surface area contributed by atoms with Gasteiger partial charge in [0.1, 0.15) is 5.82 Å². The van der Waals surface area contributed by atoms with E-state index in [1.165, 1.54) is 18.3 Å². The maximum Gasteiger partial charge on any atom is 0.416 e. The van der Waals surface area contributed by atoms with Crippen LogP contribution in [0.4, 0.5) is 24.7 Å². The number of benzene rings is 2. The van der Waals surface area contributed by atoms with E-state index in [9.17, 15) is 18.0 Å². The molecule has 3 rings (SSSR count). The lowest BCUT2D eigenvalue weighted by Crippen LogP contribution is -2.16. The van der Waals surface area contributed by atoms with E-state index in [4.69, 9.17) is 0 Å². The predicted molar refractivity (Wildman–Crippen MR) is 97.4 cm³/mol. The number of amides is 1. The number of hydrogen-bond donors (Lipinski definition) is 2. The number of aromatic nitrogens is 1. The second-order valence-electron chi connectivity index (χ2n) is 5.77. The Labute approximate surface area is 154 Å². The number of rotatable bonds is 5. The lowest BCUT2D eigenvalue weighted by atomic mass is 10.1. The third kappa shape index (κ3) is 4.84. The molecule has 0 bridgehead atoms. The van der Waals surface area contributed by atoms with Crippen LogP contribution in [0.3, 0.4) is 0 Å². The van der Waals surface area contributed by atoms with Crippen molar-refractivity contribution in [3.63, 3.8) is 0 Å². The van der Waals surface area contributed by atoms with Crippen LogP contribution in [0, 0.1) is 0 Å². The Bertz CT molecular complexity index is 927. The minimum Gasteiger partial charge on any atom is -0.365 e. The average molecular weight is 371 g/mol.